The van der Waals surface area contributed by atoms with Gasteiger partial charge in [0, 0.05) is 12.1 Å². The Morgan fingerprint density at radius 2 is 2.00 bits per heavy atom. The van der Waals surface area contributed by atoms with Crippen LogP contribution in [0.3, 0.4) is 0 Å². The number of aromatic hydroxyl groups is 1. The Kier molecular flexibility index (Phi) is 3.81. The molecular formula is C15H11NO3S2. The van der Waals surface area contributed by atoms with Gasteiger partial charge in [-0.15, -0.1) is 0 Å². The van der Waals surface area contributed by atoms with Crippen molar-refractivity contribution in [2.24, 2.45) is 0 Å². The Labute approximate surface area is 131 Å². The van der Waals surface area contributed by atoms with Gasteiger partial charge in [0.25, 0.3) is 11.9 Å². The van der Waals surface area contributed by atoms with Crippen LogP contribution in [0.25, 0.3) is 6.08 Å². The lowest BCUT2D eigenvalue weighted by molar-refractivity contribution is -0.122. The molecule has 1 aliphatic heterocycles. The number of amides is 1. The molecule has 1 aromatic heterocycles. The summed E-state index contributed by atoms with van der Waals surface area (Å²) < 4.78 is 5.55. The summed E-state index contributed by atoms with van der Waals surface area (Å²) in [5.74, 6) is 0.0958. The standard InChI is InChI=1S/C15H11NO3S2/c17-13-7-6-11(19-13)8-12-14(18)16(15(20)21-12)9-10-4-2-1-3-5-10/h1-8,17H,9H2. The molecule has 3 rings (SSSR count). The number of hydrogen-bond acceptors (Lipinski definition) is 5. The van der Waals surface area contributed by atoms with Crippen molar-refractivity contribution in [1.82, 2.24) is 4.90 Å². The Balaban J connectivity index is 1.81. The molecule has 0 unspecified atom stereocenters. The molecule has 6 heteroatoms. The molecule has 21 heavy (non-hydrogen) atoms. The number of nitrogens with zero attached hydrogens (tertiary/aromatic N) is 1. The van der Waals surface area contributed by atoms with E-state index in [-0.39, 0.29) is 11.9 Å². The molecule has 1 N–H and O–H groups in total. The molecule has 1 fully saturated rings. The molecule has 1 aliphatic rings. The first-order chi connectivity index (χ1) is 10.1. The molecule has 2 aromatic rings. The van der Waals surface area contributed by atoms with E-state index in [0.29, 0.717) is 21.5 Å². The molecule has 2 heterocycles. The van der Waals surface area contributed by atoms with E-state index in [4.69, 9.17) is 21.7 Å². The van der Waals surface area contributed by atoms with Crippen molar-refractivity contribution >= 4 is 40.3 Å². The summed E-state index contributed by atoms with van der Waals surface area (Å²) in [6, 6.07) is 12.7. The predicted molar refractivity (Wildman–Crippen MR) is 85.5 cm³/mol. The number of carbonyl (C=O) groups is 1. The van der Waals surface area contributed by atoms with E-state index in [9.17, 15) is 4.79 Å². The predicted octanol–water partition coefficient (Wildman–Crippen LogP) is 3.39. The SMILES string of the molecule is O=C1C(=Cc2ccc(O)o2)SC(=S)N1Cc1ccccc1. The lowest BCUT2D eigenvalue weighted by Crippen LogP contribution is -2.27. The third kappa shape index (κ3) is 3.01. The third-order valence-corrected chi connectivity index (χ3v) is 4.32. The van der Waals surface area contributed by atoms with E-state index < -0.39 is 0 Å². The molecule has 0 atom stereocenters. The van der Waals surface area contributed by atoms with Crippen LogP contribution in [0, 0.1) is 0 Å². The van der Waals surface area contributed by atoms with Gasteiger partial charge in [-0.2, -0.15) is 0 Å². The molecule has 1 amide bonds. The smallest absolute Gasteiger partial charge is 0.282 e. The third-order valence-electron chi connectivity index (χ3n) is 2.94. The maximum absolute atomic E-state index is 12.4. The van der Waals surface area contributed by atoms with Crippen molar-refractivity contribution in [2.75, 3.05) is 0 Å². The molecule has 4 nitrogen and oxygen atoms in total. The monoisotopic (exact) mass is 317 g/mol. The number of benzene rings is 1. The lowest BCUT2D eigenvalue weighted by atomic mass is 10.2. The van der Waals surface area contributed by atoms with Gasteiger partial charge in [-0.05, 0) is 11.6 Å². The van der Waals surface area contributed by atoms with Crippen LogP contribution in [-0.2, 0) is 11.3 Å². The zero-order valence-electron chi connectivity index (χ0n) is 10.9. The van der Waals surface area contributed by atoms with E-state index in [0.717, 1.165) is 5.56 Å². The van der Waals surface area contributed by atoms with Crippen LogP contribution in [0.5, 0.6) is 5.95 Å². The van der Waals surface area contributed by atoms with Crippen LogP contribution in [-0.4, -0.2) is 20.2 Å². The number of thiocarbonyl (C=S) groups is 1. The highest BCUT2D eigenvalue weighted by molar-refractivity contribution is 8.26. The average molecular weight is 317 g/mol. The normalized spacial score (nSPS) is 17.0. The van der Waals surface area contributed by atoms with Gasteiger partial charge < -0.3 is 9.52 Å². The highest BCUT2D eigenvalue weighted by atomic mass is 32.2. The summed E-state index contributed by atoms with van der Waals surface area (Å²) in [5.41, 5.74) is 1.02. The summed E-state index contributed by atoms with van der Waals surface area (Å²) in [4.78, 5) is 14.4. The molecule has 0 aliphatic carbocycles. The second-order valence-corrected chi connectivity index (χ2v) is 6.11. The summed E-state index contributed by atoms with van der Waals surface area (Å²) in [5, 5.41) is 9.17. The highest BCUT2D eigenvalue weighted by Gasteiger charge is 2.32. The second kappa shape index (κ2) is 5.75. The van der Waals surface area contributed by atoms with Gasteiger partial charge in [-0.25, -0.2) is 0 Å². The fourth-order valence-electron chi connectivity index (χ4n) is 1.95. The largest absolute Gasteiger partial charge is 0.481 e. The molecule has 1 aromatic carbocycles. The number of rotatable bonds is 3. The average Bonchev–Trinajstić information content (AvgIpc) is 2.99. The molecule has 0 spiro atoms. The summed E-state index contributed by atoms with van der Waals surface area (Å²) in [6.07, 6.45) is 1.59. The maximum atomic E-state index is 12.4. The topological polar surface area (TPSA) is 53.7 Å². The van der Waals surface area contributed by atoms with Crippen molar-refractivity contribution in [2.45, 2.75) is 6.54 Å². The van der Waals surface area contributed by atoms with Gasteiger partial charge >= 0.3 is 0 Å². The maximum Gasteiger partial charge on any atom is 0.282 e. The molecule has 1 saturated heterocycles. The minimum Gasteiger partial charge on any atom is -0.481 e. The molecule has 0 saturated carbocycles. The summed E-state index contributed by atoms with van der Waals surface area (Å²) >= 11 is 6.49. The second-order valence-electron chi connectivity index (χ2n) is 4.43. The van der Waals surface area contributed by atoms with Crippen LogP contribution in [0.15, 0.2) is 51.8 Å². The number of thioether (sulfide) groups is 1. The number of furan rings is 1. The Bertz CT molecular complexity index is 722. The summed E-state index contributed by atoms with van der Waals surface area (Å²) in [6.45, 7) is 0.451. The summed E-state index contributed by atoms with van der Waals surface area (Å²) in [7, 11) is 0. The number of hydrogen-bond donors (Lipinski definition) is 1. The van der Waals surface area contributed by atoms with Crippen LogP contribution >= 0.6 is 24.0 Å². The zero-order chi connectivity index (χ0) is 14.8. The van der Waals surface area contributed by atoms with E-state index in [1.165, 1.54) is 17.8 Å². The molecular weight excluding hydrogens is 306 g/mol. The van der Waals surface area contributed by atoms with Crippen molar-refractivity contribution < 1.29 is 14.3 Å². The van der Waals surface area contributed by atoms with Gasteiger partial charge in [0.1, 0.15) is 10.1 Å². The first kappa shape index (κ1) is 13.9. The van der Waals surface area contributed by atoms with Gasteiger partial charge in [0.2, 0.25) is 0 Å². The highest BCUT2D eigenvalue weighted by Crippen LogP contribution is 2.34. The Morgan fingerprint density at radius 1 is 1.24 bits per heavy atom. The van der Waals surface area contributed by atoms with Gasteiger partial charge in [0.15, 0.2) is 0 Å². The van der Waals surface area contributed by atoms with Crippen LogP contribution in [0.1, 0.15) is 11.3 Å². The lowest BCUT2D eigenvalue weighted by Gasteiger charge is -2.14. The van der Waals surface area contributed by atoms with Crippen molar-refractivity contribution in [3.05, 3.63) is 58.7 Å². The van der Waals surface area contributed by atoms with E-state index in [2.05, 4.69) is 0 Å². The first-order valence-corrected chi connectivity index (χ1v) is 7.44. The Hall–Kier alpha value is -2.05. The van der Waals surface area contributed by atoms with E-state index in [1.54, 1.807) is 17.0 Å². The first-order valence-electron chi connectivity index (χ1n) is 6.21. The Morgan fingerprint density at radius 3 is 2.67 bits per heavy atom. The van der Waals surface area contributed by atoms with Crippen LogP contribution in [0.2, 0.25) is 0 Å². The quantitative estimate of drug-likeness (QED) is 0.695. The van der Waals surface area contributed by atoms with E-state index in [1.807, 2.05) is 30.3 Å². The zero-order valence-corrected chi connectivity index (χ0v) is 12.5. The minimum absolute atomic E-state index is 0.148. The molecule has 0 radical (unpaired) electrons. The van der Waals surface area contributed by atoms with E-state index >= 15 is 0 Å². The molecule has 106 valence electrons. The fourth-order valence-corrected chi connectivity index (χ4v) is 3.19. The van der Waals surface area contributed by atoms with Crippen molar-refractivity contribution in [3.8, 4) is 5.95 Å². The van der Waals surface area contributed by atoms with Gasteiger partial charge in [-0.1, -0.05) is 54.3 Å². The van der Waals surface area contributed by atoms with Crippen molar-refractivity contribution in [3.63, 3.8) is 0 Å². The minimum atomic E-state index is -0.180. The van der Waals surface area contributed by atoms with Crippen LogP contribution in [0.4, 0.5) is 0 Å². The molecule has 0 bridgehead atoms. The fraction of sp³-hybridized carbons (Fsp3) is 0.0667. The number of carbonyl (C=O) groups excluding carboxylic acids is 1. The van der Waals surface area contributed by atoms with Gasteiger partial charge in [-0.3, -0.25) is 9.69 Å². The van der Waals surface area contributed by atoms with Crippen molar-refractivity contribution in [1.29, 1.82) is 0 Å². The van der Waals surface area contributed by atoms with Gasteiger partial charge in [0.05, 0.1) is 11.4 Å². The van der Waals surface area contributed by atoms with Crippen LogP contribution < -0.4 is 0 Å².